The van der Waals surface area contributed by atoms with Crippen LogP contribution in [0.25, 0.3) is 0 Å². The fraction of sp³-hybridized carbons (Fsp3) is 0.389. The number of benzene rings is 1. The lowest BCUT2D eigenvalue weighted by Gasteiger charge is -2.16. The van der Waals surface area contributed by atoms with E-state index in [1.54, 1.807) is 32.6 Å². The topological polar surface area (TPSA) is 54.9 Å². The van der Waals surface area contributed by atoms with Crippen LogP contribution in [0.4, 0.5) is 0 Å². The molecule has 7 heteroatoms. The highest BCUT2D eigenvalue weighted by Crippen LogP contribution is 2.27. The van der Waals surface area contributed by atoms with Crippen molar-refractivity contribution in [2.45, 2.75) is 19.4 Å². The lowest BCUT2D eigenvalue weighted by Crippen LogP contribution is -2.38. The van der Waals surface area contributed by atoms with Crippen molar-refractivity contribution in [1.82, 2.24) is 10.6 Å². The molecule has 2 N–H and O–H groups in total. The Bertz CT molecular complexity index is 662. The van der Waals surface area contributed by atoms with Gasteiger partial charge >= 0.3 is 0 Å². The molecule has 5 nitrogen and oxygen atoms in total. The smallest absolute Gasteiger partial charge is 0.191 e. The van der Waals surface area contributed by atoms with Crippen LogP contribution in [0.3, 0.4) is 0 Å². The summed E-state index contributed by atoms with van der Waals surface area (Å²) < 4.78 is 10.6. The molecular weight excluding hydrogens is 449 g/mol. The number of ether oxygens (including phenoxy) is 2. The van der Waals surface area contributed by atoms with Gasteiger partial charge in [0.25, 0.3) is 0 Å². The van der Waals surface area contributed by atoms with Crippen molar-refractivity contribution in [1.29, 1.82) is 0 Å². The third kappa shape index (κ3) is 6.39. The van der Waals surface area contributed by atoms with E-state index < -0.39 is 0 Å². The fourth-order valence-electron chi connectivity index (χ4n) is 2.32. The van der Waals surface area contributed by atoms with Crippen molar-refractivity contribution in [3.63, 3.8) is 0 Å². The Hall–Kier alpha value is -1.48. The van der Waals surface area contributed by atoms with Gasteiger partial charge in [0.05, 0.1) is 14.2 Å². The maximum atomic E-state index is 5.33. The number of rotatable bonds is 7. The van der Waals surface area contributed by atoms with Crippen LogP contribution in [0.5, 0.6) is 11.5 Å². The van der Waals surface area contributed by atoms with Gasteiger partial charge in [-0.15, -0.1) is 24.0 Å². The Morgan fingerprint density at radius 3 is 2.52 bits per heavy atom. The molecule has 0 spiro atoms. The molecule has 0 bridgehead atoms. The second-order valence-corrected chi connectivity index (χ2v) is 6.23. The number of hydrogen-bond acceptors (Lipinski definition) is 4. The van der Waals surface area contributed by atoms with Crippen LogP contribution in [0.1, 0.15) is 24.0 Å². The zero-order chi connectivity index (χ0) is 17.4. The summed E-state index contributed by atoms with van der Waals surface area (Å²) in [6.45, 7) is 3.70. The molecule has 0 radical (unpaired) electrons. The predicted molar refractivity (Wildman–Crippen MR) is 116 cm³/mol. The fourth-order valence-corrected chi connectivity index (χ4v) is 3.10. The van der Waals surface area contributed by atoms with Crippen molar-refractivity contribution < 1.29 is 9.47 Å². The number of methoxy groups -OCH3 is 2. The van der Waals surface area contributed by atoms with E-state index in [0.717, 1.165) is 29.6 Å². The molecule has 2 aromatic rings. The summed E-state index contributed by atoms with van der Waals surface area (Å²) in [6.07, 6.45) is 0. The van der Waals surface area contributed by atoms with Gasteiger partial charge in [-0.25, -0.2) is 0 Å². The Morgan fingerprint density at radius 1 is 1.16 bits per heavy atom. The molecule has 0 saturated carbocycles. The van der Waals surface area contributed by atoms with Gasteiger partial charge in [0.2, 0.25) is 0 Å². The highest BCUT2D eigenvalue weighted by molar-refractivity contribution is 14.0. The molecule has 138 valence electrons. The monoisotopic (exact) mass is 475 g/mol. The van der Waals surface area contributed by atoms with Crippen LogP contribution in [0.2, 0.25) is 0 Å². The van der Waals surface area contributed by atoms with E-state index in [2.05, 4.69) is 39.4 Å². The third-order valence-electron chi connectivity index (χ3n) is 3.82. The first kappa shape index (κ1) is 21.6. The molecule has 0 fully saturated rings. The molecule has 0 aliphatic rings. The molecule has 0 aliphatic heterocycles. The van der Waals surface area contributed by atoms with Gasteiger partial charge in [-0.05, 0) is 46.0 Å². The molecule has 1 aromatic heterocycles. The lowest BCUT2D eigenvalue weighted by atomic mass is 10.1. The molecular formula is C18H26IN3O2S. The standard InChI is InChI=1S/C18H25N3O2S.HI/c1-13(15-7-8-24-12-15)10-20-18(19-2)21-11-14-5-6-16(22-3)17(9-14)23-4;/h5-9,12-13H,10-11H2,1-4H3,(H2,19,20,21);1H. The summed E-state index contributed by atoms with van der Waals surface area (Å²) in [5.74, 6) is 2.68. The third-order valence-corrected chi connectivity index (χ3v) is 4.52. The number of nitrogens with one attached hydrogen (secondary N) is 2. The van der Waals surface area contributed by atoms with Crippen LogP contribution in [-0.2, 0) is 6.54 Å². The van der Waals surface area contributed by atoms with Crippen molar-refractivity contribution in [3.8, 4) is 11.5 Å². The Morgan fingerprint density at radius 2 is 1.92 bits per heavy atom. The second kappa shape index (κ2) is 11.2. The number of hydrogen-bond donors (Lipinski definition) is 2. The largest absolute Gasteiger partial charge is 0.493 e. The van der Waals surface area contributed by atoms with E-state index in [1.165, 1.54) is 5.56 Å². The van der Waals surface area contributed by atoms with Crippen LogP contribution in [0, 0.1) is 0 Å². The van der Waals surface area contributed by atoms with Gasteiger partial charge < -0.3 is 20.1 Å². The van der Waals surface area contributed by atoms with E-state index in [4.69, 9.17) is 9.47 Å². The molecule has 0 aliphatic carbocycles. The van der Waals surface area contributed by atoms with Gasteiger partial charge in [0.15, 0.2) is 17.5 Å². The summed E-state index contributed by atoms with van der Waals surface area (Å²) >= 11 is 1.73. The minimum absolute atomic E-state index is 0. The predicted octanol–water partition coefficient (Wildman–Crippen LogP) is 3.85. The van der Waals surface area contributed by atoms with Crippen molar-refractivity contribution in [3.05, 3.63) is 46.2 Å². The lowest BCUT2D eigenvalue weighted by molar-refractivity contribution is 0.354. The normalized spacial score (nSPS) is 12.1. The summed E-state index contributed by atoms with van der Waals surface area (Å²) in [5.41, 5.74) is 2.45. The van der Waals surface area contributed by atoms with E-state index in [1.807, 2.05) is 18.2 Å². The number of nitrogens with zero attached hydrogens (tertiary/aromatic N) is 1. The van der Waals surface area contributed by atoms with Crippen LogP contribution < -0.4 is 20.1 Å². The van der Waals surface area contributed by atoms with E-state index in [-0.39, 0.29) is 24.0 Å². The molecule has 2 rings (SSSR count). The van der Waals surface area contributed by atoms with Gasteiger partial charge in [-0.3, -0.25) is 4.99 Å². The van der Waals surface area contributed by atoms with Gasteiger partial charge in [0.1, 0.15) is 0 Å². The average Bonchev–Trinajstić information content (AvgIpc) is 3.16. The summed E-state index contributed by atoms with van der Waals surface area (Å²) in [6, 6.07) is 8.05. The minimum atomic E-state index is 0. The summed E-state index contributed by atoms with van der Waals surface area (Å²) in [7, 11) is 5.05. The quantitative estimate of drug-likeness (QED) is 0.363. The molecule has 1 unspecified atom stereocenters. The van der Waals surface area contributed by atoms with E-state index in [0.29, 0.717) is 12.5 Å². The molecule has 0 saturated heterocycles. The number of aliphatic imine (C=N–C) groups is 1. The maximum absolute atomic E-state index is 5.33. The molecule has 1 aromatic carbocycles. The zero-order valence-electron chi connectivity index (χ0n) is 15.0. The zero-order valence-corrected chi connectivity index (χ0v) is 18.2. The number of guanidine groups is 1. The second-order valence-electron chi connectivity index (χ2n) is 5.45. The summed E-state index contributed by atoms with van der Waals surface area (Å²) in [4.78, 5) is 4.27. The Balaban J connectivity index is 0.00000312. The van der Waals surface area contributed by atoms with Crippen molar-refractivity contribution >= 4 is 41.3 Å². The molecule has 0 amide bonds. The molecule has 25 heavy (non-hydrogen) atoms. The Kier molecular flexibility index (Phi) is 9.66. The number of halogens is 1. The first-order valence-corrected chi connectivity index (χ1v) is 8.79. The van der Waals surface area contributed by atoms with Gasteiger partial charge in [0, 0.05) is 20.1 Å². The SMILES string of the molecule is CN=C(NCc1ccc(OC)c(OC)c1)NCC(C)c1ccsc1.I. The number of thiophene rings is 1. The van der Waals surface area contributed by atoms with Crippen molar-refractivity contribution in [2.24, 2.45) is 4.99 Å². The highest BCUT2D eigenvalue weighted by atomic mass is 127. The first-order valence-electron chi connectivity index (χ1n) is 7.85. The van der Waals surface area contributed by atoms with Crippen LogP contribution in [0.15, 0.2) is 40.0 Å². The minimum Gasteiger partial charge on any atom is -0.493 e. The van der Waals surface area contributed by atoms with E-state index >= 15 is 0 Å². The molecule has 1 heterocycles. The van der Waals surface area contributed by atoms with Gasteiger partial charge in [-0.1, -0.05) is 13.0 Å². The molecule has 1 atom stereocenters. The summed E-state index contributed by atoms with van der Waals surface area (Å²) in [5, 5.41) is 11.0. The van der Waals surface area contributed by atoms with E-state index in [9.17, 15) is 0 Å². The van der Waals surface area contributed by atoms with Crippen LogP contribution in [-0.4, -0.2) is 33.8 Å². The van der Waals surface area contributed by atoms with Crippen LogP contribution >= 0.6 is 35.3 Å². The van der Waals surface area contributed by atoms with Gasteiger partial charge in [-0.2, -0.15) is 11.3 Å². The highest BCUT2D eigenvalue weighted by Gasteiger charge is 2.08. The first-order chi connectivity index (χ1) is 11.7. The maximum Gasteiger partial charge on any atom is 0.191 e. The average molecular weight is 475 g/mol. The Labute approximate surface area is 170 Å². The van der Waals surface area contributed by atoms with Crippen molar-refractivity contribution in [2.75, 3.05) is 27.8 Å².